The van der Waals surface area contributed by atoms with Gasteiger partial charge in [-0.2, -0.15) is 0 Å². The van der Waals surface area contributed by atoms with Crippen molar-refractivity contribution in [1.29, 1.82) is 0 Å². The maximum Gasteiger partial charge on any atom is 0.0462 e. The van der Waals surface area contributed by atoms with Crippen LogP contribution in [-0.2, 0) is 4.74 Å². The molecule has 1 N–H and O–H groups in total. The molecule has 3 nitrogen and oxygen atoms in total. The van der Waals surface area contributed by atoms with Gasteiger partial charge in [0.1, 0.15) is 0 Å². The van der Waals surface area contributed by atoms with E-state index in [1.807, 2.05) is 7.11 Å². The summed E-state index contributed by atoms with van der Waals surface area (Å²) in [4.78, 5) is 2.84. The van der Waals surface area contributed by atoms with Crippen molar-refractivity contribution in [1.82, 2.24) is 10.2 Å². The molecule has 1 aliphatic heterocycles. The summed E-state index contributed by atoms with van der Waals surface area (Å²) in [5.41, 5.74) is 0.809. The SMILES string of the molecule is CCC1(CC)CNC2(CCCCC2)CN1CCCCOC. The minimum Gasteiger partial charge on any atom is -0.385 e. The number of nitrogens with one attached hydrogen (secondary N) is 1. The first kappa shape index (κ1) is 17.2. The van der Waals surface area contributed by atoms with Gasteiger partial charge in [-0.15, -0.1) is 0 Å². The molecular weight excluding hydrogens is 260 g/mol. The summed E-state index contributed by atoms with van der Waals surface area (Å²) in [6.45, 7) is 9.33. The summed E-state index contributed by atoms with van der Waals surface area (Å²) in [7, 11) is 1.81. The van der Waals surface area contributed by atoms with Crippen molar-refractivity contribution < 1.29 is 4.74 Å². The van der Waals surface area contributed by atoms with Gasteiger partial charge in [-0.1, -0.05) is 33.1 Å². The van der Waals surface area contributed by atoms with Crippen LogP contribution in [0.3, 0.4) is 0 Å². The molecule has 0 aromatic rings. The Morgan fingerprint density at radius 1 is 1.05 bits per heavy atom. The Balaban J connectivity index is 2.00. The number of methoxy groups -OCH3 is 1. The second-order valence-electron chi connectivity index (χ2n) is 7.25. The van der Waals surface area contributed by atoms with Crippen molar-refractivity contribution in [2.75, 3.05) is 33.4 Å². The number of hydrogen-bond acceptors (Lipinski definition) is 3. The average Bonchev–Trinajstić information content (AvgIpc) is 2.53. The average molecular weight is 296 g/mol. The molecule has 1 spiro atoms. The highest BCUT2D eigenvalue weighted by atomic mass is 16.5. The zero-order valence-electron chi connectivity index (χ0n) is 14.5. The Labute approximate surface area is 131 Å². The maximum atomic E-state index is 5.21. The highest BCUT2D eigenvalue weighted by Crippen LogP contribution is 2.37. The van der Waals surface area contributed by atoms with E-state index in [0.29, 0.717) is 11.1 Å². The first-order valence-corrected chi connectivity index (χ1v) is 9.19. The first-order valence-electron chi connectivity index (χ1n) is 9.19. The van der Waals surface area contributed by atoms with Crippen molar-refractivity contribution in [3.63, 3.8) is 0 Å². The van der Waals surface area contributed by atoms with E-state index in [1.54, 1.807) is 0 Å². The van der Waals surface area contributed by atoms with E-state index in [2.05, 4.69) is 24.1 Å². The molecule has 1 saturated heterocycles. The van der Waals surface area contributed by atoms with Crippen LogP contribution in [0.2, 0.25) is 0 Å². The molecule has 0 aromatic heterocycles. The lowest BCUT2D eigenvalue weighted by atomic mass is 9.75. The molecule has 0 unspecified atom stereocenters. The Kier molecular flexibility index (Phi) is 6.51. The number of ether oxygens (including phenoxy) is 1. The van der Waals surface area contributed by atoms with E-state index < -0.39 is 0 Å². The van der Waals surface area contributed by atoms with Crippen LogP contribution in [0.1, 0.15) is 71.6 Å². The zero-order valence-corrected chi connectivity index (χ0v) is 14.5. The Hall–Kier alpha value is -0.120. The van der Waals surface area contributed by atoms with E-state index >= 15 is 0 Å². The van der Waals surface area contributed by atoms with E-state index in [9.17, 15) is 0 Å². The quantitative estimate of drug-likeness (QED) is 0.727. The van der Waals surface area contributed by atoms with Gasteiger partial charge >= 0.3 is 0 Å². The normalized spacial score (nSPS) is 25.3. The van der Waals surface area contributed by atoms with Crippen LogP contribution in [-0.4, -0.2) is 49.3 Å². The third-order valence-corrected chi connectivity index (χ3v) is 6.11. The van der Waals surface area contributed by atoms with Gasteiger partial charge in [0.05, 0.1) is 0 Å². The molecule has 2 rings (SSSR count). The Morgan fingerprint density at radius 3 is 2.38 bits per heavy atom. The highest BCUT2D eigenvalue weighted by molar-refractivity contribution is 5.05. The highest BCUT2D eigenvalue weighted by Gasteiger charge is 2.45. The van der Waals surface area contributed by atoms with Gasteiger partial charge in [0.25, 0.3) is 0 Å². The van der Waals surface area contributed by atoms with E-state index in [-0.39, 0.29) is 0 Å². The molecule has 0 aromatic carbocycles. The molecule has 0 bridgehead atoms. The molecule has 21 heavy (non-hydrogen) atoms. The molecule has 0 atom stereocenters. The smallest absolute Gasteiger partial charge is 0.0462 e. The molecule has 2 aliphatic rings. The minimum atomic E-state index is 0.385. The molecule has 0 amide bonds. The van der Waals surface area contributed by atoms with Crippen molar-refractivity contribution in [3.8, 4) is 0 Å². The molecule has 2 fully saturated rings. The van der Waals surface area contributed by atoms with Crippen molar-refractivity contribution in [2.24, 2.45) is 0 Å². The summed E-state index contributed by atoms with van der Waals surface area (Å²) < 4.78 is 5.21. The van der Waals surface area contributed by atoms with E-state index in [1.165, 1.54) is 77.4 Å². The summed E-state index contributed by atoms with van der Waals surface area (Å²) in [5, 5.41) is 3.99. The zero-order chi connectivity index (χ0) is 15.2. The molecule has 1 heterocycles. The van der Waals surface area contributed by atoms with Gasteiger partial charge in [0, 0.05) is 37.9 Å². The minimum absolute atomic E-state index is 0.385. The Morgan fingerprint density at radius 2 is 1.76 bits per heavy atom. The van der Waals surface area contributed by atoms with Crippen LogP contribution >= 0.6 is 0 Å². The van der Waals surface area contributed by atoms with Crippen molar-refractivity contribution >= 4 is 0 Å². The Bertz CT molecular complexity index is 296. The van der Waals surface area contributed by atoms with Gasteiger partial charge in [-0.3, -0.25) is 4.90 Å². The first-order chi connectivity index (χ1) is 10.2. The van der Waals surface area contributed by atoms with Crippen LogP contribution in [0.25, 0.3) is 0 Å². The lowest BCUT2D eigenvalue weighted by Gasteiger charge is -2.56. The van der Waals surface area contributed by atoms with Crippen LogP contribution < -0.4 is 5.32 Å². The fraction of sp³-hybridized carbons (Fsp3) is 1.00. The molecule has 3 heteroatoms. The molecule has 1 aliphatic carbocycles. The van der Waals surface area contributed by atoms with Gasteiger partial charge in [0.15, 0.2) is 0 Å². The standard InChI is InChI=1S/C18H36N2O/c1-4-18(5-2)15-19-17(11-7-6-8-12-17)16-20(18)13-9-10-14-21-3/h19H,4-16H2,1-3H3. The molecule has 124 valence electrons. The second kappa shape index (κ2) is 7.94. The lowest BCUT2D eigenvalue weighted by molar-refractivity contribution is -0.0158. The van der Waals surface area contributed by atoms with E-state index in [0.717, 1.165) is 6.61 Å². The van der Waals surface area contributed by atoms with Crippen LogP contribution in [0, 0.1) is 0 Å². The largest absolute Gasteiger partial charge is 0.385 e. The second-order valence-corrected chi connectivity index (χ2v) is 7.25. The molecular formula is C18H36N2O. The third-order valence-electron chi connectivity index (χ3n) is 6.11. The summed E-state index contributed by atoms with van der Waals surface area (Å²) in [6, 6.07) is 0. The predicted molar refractivity (Wildman–Crippen MR) is 89.8 cm³/mol. The van der Waals surface area contributed by atoms with Crippen LogP contribution in [0.5, 0.6) is 0 Å². The summed E-state index contributed by atoms with van der Waals surface area (Å²) in [5.74, 6) is 0. The fourth-order valence-electron chi connectivity index (χ4n) is 4.43. The lowest BCUT2D eigenvalue weighted by Crippen LogP contribution is -2.70. The number of unbranched alkanes of at least 4 members (excludes halogenated alkanes) is 1. The van der Waals surface area contributed by atoms with Gasteiger partial charge in [-0.05, 0) is 45.1 Å². The molecule has 1 saturated carbocycles. The monoisotopic (exact) mass is 296 g/mol. The number of nitrogens with zero attached hydrogens (tertiary/aromatic N) is 1. The third kappa shape index (κ3) is 4.00. The summed E-state index contributed by atoms with van der Waals surface area (Å²) in [6.07, 6.45) is 12.0. The van der Waals surface area contributed by atoms with Crippen molar-refractivity contribution in [3.05, 3.63) is 0 Å². The van der Waals surface area contributed by atoms with Gasteiger partial charge in [-0.25, -0.2) is 0 Å². The molecule has 0 radical (unpaired) electrons. The summed E-state index contributed by atoms with van der Waals surface area (Å²) >= 11 is 0. The van der Waals surface area contributed by atoms with Gasteiger partial charge < -0.3 is 10.1 Å². The van der Waals surface area contributed by atoms with Crippen LogP contribution in [0.15, 0.2) is 0 Å². The number of hydrogen-bond donors (Lipinski definition) is 1. The number of piperazine rings is 1. The maximum absolute atomic E-state index is 5.21. The van der Waals surface area contributed by atoms with Crippen LogP contribution in [0.4, 0.5) is 0 Å². The predicted octanol–water partition coefficient (Wildman–Crippen LogP) is 3.58. The van der Waals surface area contributed by atoms with Gasteiger partial charge in [0.2, 0.25) is 0 Å². The van der Waals surface area contributed by atoms with Crippen molar-refractivity contribution in [2.45, 2.75) is 82.7 Å². The van der Waals surface area contributed by atoms with E-state index in [4.69, 9.17) is 4.74 Å². The topological polar surface area (TPSA) is 24.5 Å². The number of rotatable bonds is 7. The fourth-order valence-corrected chi connectivity index (χ4v) is 4.43.